The standard InChI is InChI=1S/C30H25F3N4O3/c1-18-14-22(19-6-3-2-4-7-19)23(17-24(18)30(31,32)33)29(39)36-21-10-11-25-26(15-21)40-13-12-37(25)28(38)16-20-8-5-9-27(34)35-20/h2-11,14-15,17H,12-13,16H2,1H3,(H2,34,35)(H,36,39). The number of nitrogens with one attached hydrogen (secondary N) is 1. The number of ether oxygens (including phenoxy) is 1. The minimum absolute atomic E-state index is 0.0169. The van der Waals surface area contributed by atoms with Crippen LogP contribution < -0.4 is 20.7 Å². The van der Waals surface area contributed by atoms with Crippen molar-refractivity contribution in [1.29, 1.82) is 0 Å². The number of halogens is 3. The first-order valence-corrected chi connectivity index (χ1v) is 12.5. The van der Waals surface area contributed by atoms with Gasteiger partial charge < -0.3 is 20.7 Å². The summed E-state index contributed by atoms with van der Waals surface area (Å²) in [5.41, 5.74) is 7.09. The quantitative estimate of drug-likeness (QED) is 0.326. The number of amides is 2. The number of benzene rings is 3. The number of pyridine rings is 1. The van der Waals surface area contributed by atoms with Crippen molar-refractivity contribution in [2.24, 2.45) is 0 Å². The molecule has 2 amide bonds. The van der Waals surface area contributed by atoms with Crippen LogP contribution in [-0.4, -0.2) is 29.9 Å². The van der Waals surface area contributed by atoms with E-state index in [2.05, 4.69) is 10.3 Å². The molecule has 0 unspecified atom stereocenters. The molecule has 204 valence electrons. The molecule has 10 heteroatoms. The number of aryl methyl sites for hydroxylation is 1. The van der Waals surface area contributed by atoms with Gasteiger partial charge in [0.15, 0.2) is 0 Å². The van der Waals surface area contributed by atoms with Gasteiger partial charge in [0, 0.05) is 17.3 Å². The number of fused-ring (bicyclic) bond motifs is 1. The highest BCUT2D eigenvalue weighted by Crippen LogP contribution is 2.38. The Bertz CT molecular complexity index is 1590. The largest absolute Gasteiger partial charge is 0.489 e. The number of aromatic nitrogens is 1. The summed E-state index contributed by atoms with van der Waals surface area (Å²) in [6.07, 6.45) is -4.58. The zero-order chi connectivity index (χ0) is 28.4. The van der Waals surface area contributed by atoms with E-state index in [0.29, 0.717) is 46.3 Å². The molecule has 5 rings (SSSR count). The summed E-state index contributed by atoms with van der Waals surface area (Å²) in [6.45, 7) is 1.92. The van der Waals surface area contributed by atoms with E-state index >= 15 is 0 Å². The van der Waals surface area contributed by atoms with Crippen molar-refractivity contribution >= 4 is 29.0 Å². The molecule has 0 saturated carbocycles. The number of alkyl halides is 3. The number of nitrogens with two attached hydrogens (primary N) is 1. The molecule has 0 atom stereocenters. The first-order valence-electron chi connectivity index (χ1n) is 12.5. The second-order valence-corrected chi connectivity index (χ2v) is 9.34. The number of anilines is 3. The van der Waals surface area contributed by atoms with Gasteiger partial charge in [0.2, 0.25) is 5.91 Å². The van der Waals surface area contributed by atoms with E-state index < -0.39 is 17.6 Å². The maximum atomic E-state index is 13.7. The van der Waals surface area contributed by atoms with Gasteiger partial charge in [0.25, 0.3) is 5.91 Å². The third-order valence-corrected chi connectivity index (χ3v) is 6.54. The Hall–Kier alpha value is -4.86. The van der Waals surface area contributed by atoms with E-state index in [1.807, 2.05) is 0 Å². The van der Waals surface area contributed by atoms with E-state index in [9.17, 15) is 22.8 Å². The number of hydrogen-bond donors (Lipinski definition) is 2. The zero-order valence-corrected chi connectivity index (χ0v) is 21.5. The summed E-state index contributed by atoms with van der Waals surface area (Å²) in [7, 11) is 0. The summed E-state index contributed by atoms with van der Waals surface area (Å²) in [5.74, 6) is -0.229. The summed E-state index contributed by atoms with van der Waals surface area (Å²) in [6, 6.07) is 20.8. The molecule has 0 aliphatic carbocycles. The molecule has 40 heavy (non-hydrogen) atoms. The van der Waals surface area contributed by atoms with Gasteiger partial charge in [-0.3, -0.25) is 9.59 Å². The van der Waals surface area contributed by atoms with Gasteiger partial charge in [-0.1, -0.05) is 42.5 Å². The SMILES string of the molecule is Cc1cc(-c2ccccc2)c(C(=O)Nc2ccc3c(c2)OCCN3C(=O)Cc2cccc(N)n2)cc1C(F)(F)F. The van der Waals surface area contributed by atoms with Crippen molar-refractivity contribution in [3.05, 3.63) is 101 Å². The molecule has 3 aromatic carbocycles. The first kappa shape index (κ1) is 26.7. The molecule has 7 nitrogen and oxygen atoms in total. The number of nitrogens with zero attached hydrogens (tertiary/aromatic N) is 2. The fraction of sp³-hybridized carbons (Fsp3) is 0.167. The molecular weight excluding hydrogens is 521 g/mol. The van der Waals surface area contributed by atoms with E-state index in [-0.39, 0.29) is 30.1 Å². The summed E-state index contributed by atoms with van der Waals surface area (Å²) in [4.78, 5) is 32.1. The van der Waals surface area contributed by atoms with Crippen LogP contribution in [0.25, 0.3) is 11.1 Å². The lowest BCUT2D eigenvalue weighted by Gasteiger charge is -2.30. The lowest BCUT2D eigenvalue weighted by Crippen LogP contribution is -2.39. The lowest BCUT2D eigenvalue weighted by molar-refractivity contribution is -0.138. The Morgan fingerprint density at radius 2 is 1.80 bits per heavy atom. The Morgan fingerprint density at radius 3 is 2.52 bits per heavy atom. The first-order chi connectivity index (χ1) is 19.1. The predicted octanol–water partition coefficient (Wildman–Crippen LogP) is 5.88. The van der Waals surface area contributed by atoms with Crippen LogP contribution in [-0.2, 0) is 17.4 Å². The van der Waals surface area contributed by atoms with E-state index in [1.165, 1.54) is 13.0 Å². The molecule has 1 aromatic heterocycles. The lowest BCUT2D eigenvalue weighted by atomic mass is 9.93. The highest BCUT2D eigenvalue weighted by atomic mass is 19.4. The number of hydrogen-bond acceptors (Lipinski definition) is 5. The Balaban J connectivity index is 1.42. The van der Waals surface area contributed by atoms with Crippen molar-refractivity contribution in [3.63, 3.8) is 0 Å². The van der Waals surface area contributed by atoms with Gasteiger partial charge in [0.1, 0.15) is 18.2 Å². The monoisotopic (exact) mass is 546 g/mol. The Labute approximate surface area is 228 Å². The summed E-state index contributed by atoms with van der Waals surface area (Å²) >= 11 is 0. The molecule has 1 aliphatic heterocycles. The van der Waals surface area contributed by atoms with Crippen molar-refractivity contribution in [1.82, 2.24) is 4.98 Å². The molecule has 0 fully saturated rings. The normalized spacial score (nSPS) is 12.8. The van der Waals surface area contributed by atoms with Crippen molar-refractivity contribution < 1.29 is 27.5 Å². The minimum Gasteiger partial charge on any atom is -0.489 e. The highest BCUT2D eigenvalue weighted by Gasteiger charge is 2.34. The number of nitrogen functional groups attached to an aromatic ring is 1. The van der Waals surface area contributed by atoms with Gasteiger partial charge in [-0.25, -0.2) is 4.98 Å². The van der Waals surface area contributed by atoms with Crippen LogP contribution in [0.15, 0.2) is 78.9 Å². The highest BCUT2D eigenvalue weighted by molar-refractivity contribution is 6.09. The molecule has 0 saturated heterocycles. The second-order valence-electron chi connectivity index (χ2n) is 9.34. The number of rotatable bonds is 5. The van der Waals surface area contributed by atoms with Crippen molar-refractivity contribution in [2.75, 3.05) is 29.1 Å². The fourth-order valence-corrected chi connectivity index (χ4v) is 4.66. The predicted molar refractivity (Wildman–Crippen MR) is 146 cm³/mol. The summed E-state index contributed by atoms with van der Waals surface area (Å²) in [5, 5.41) is 2.69. The molecular formula is C30H25F3N4O3. The van der Waals surface area contributed by atoms with Crippen LogP contribution in [0.1, 0.15) is 27.2 Å². The Morgan fingerprint density at radius 1 is 1.02 bits per heavy atom. The van der Waals surface area contributed by atoms with Gasteiger partial charge in [-0.15, -0.1) is 0 Å². The topological polar surface area (TPSA) is 97.5 Å². The molecule has 0 spiro atoms. The van der Waals surface area contributed by atoms with Crippen LogP contribution in [0.2, 0.25) is 0 Å². The third kappa shape index (κ3) is 5.61. The average molecular weight is 547 g/mol. The summed E-state index contributed by atoms with van der Waals surface area (Å²) < 4.78 is 46.9. The van der Waals surface area contributed by atoms with Crippen LogP contribution in [0, 0.1) is 6.92 Å². The van der Waals surface area contributed by atoms with E-state index in [4.69, 9.17) is 10.5 Å². The molecule has 2 heterocycles. The van der Waals surface area contributed by atoms with Crippen molar-refractivity contribution in [3.8, 4) is 16.9 Å². The van der Waals surface area contributed by atoms with Crippen LogP contribution >= 0.6 is 0 Å². The molecule has 0 bridgehead atoms. The van der Waals surface area contributed by atoms with Crippen molar-refractivity contribution in [2.45, 2.75) is 19.5 Å². The molecule has 1 aliphatic rings. The van der Waals surface area contributed by atoms with E-state index in [0.717, 1.165) is 6.07 Å². The maximum Gasteiger partial charge on any atom is 0.416 e. The maximum absolute atomic E-state index is 13.7. The second kappa shape index (κ2) is 10.7. The van der Waals surface area contributed by atoms with Crippen LogP contribution in [0.5, 0.6) is 5.75 Å². The van der Waals surface area contributed by atoms with Gasteiger partial charge >= 0.3 is 6.18 Å². The Kier molecular flexibility index (Phi) is 7.17. The van der Waals surface area contributed by atoms with Crippen LogP contribution in [0.4, 0.5) is 30.4 Å². The van der Waals surface area contributed by atoms with Gasteiger partial charge in [0.05, 0.1) is 29.9 Å². The van der Waals surface area contributed by atoms with Gasteiger partial charge in [-0.2, -0.15) is 13.2 Å². The average Bonchev–Trinajstić information content (AvgIpc) is 2.92. The molecule has 4 aromatic rings. The van der Waals surface area contributed by atoms with Crippen LogP contribution in [0.3, 0.4) is 0 Å². The smallest absolute Gasteiger partial charge is 0.416 e. The third-order valence-electron chi connectivity index (χ3n) is 6.54. The fourth-order valence-electron chi connectivity index (χ4n) is 4.66. The van der Waals surface area contributed by atoms with Gasteiger partial charge in [-0.05, 0) is 53.9 Å². The van der Waals surface area contributed by atoms with E-state index in [1.54, 1.807) is 71.6 Å². The number of carbonyl (C=O) groups is 2. The number of carbonyl (C=O) groups excluding carboxylic acids is 2. The molecule has 0 radical (unpaired) electrons. The minimum atomic E-state index is -4.62. The zero-order valence-electron chi connectivity index (χ0n) is 21.5. The molecule has 3 N–H and O–H groups in total.